The summed E-state index contributed by atoms with van der Waals surface area (Å²) in [4.78, 5) is 19.0. The Hall–Kier alpha value is -2.18. The first-order valence-electron chi connectivity index (χ1n) is 6.01. The third-order valence-electron chi connectivity index (χ3n) is 2.81. The van der Waals surface area contributed by atoms with Crippen molar-refractivity contribution in [2.45, 2.75) is 13.1 Å². The van der Waals surface area contributed by atoms with Crippen LogP contribution in [-0.4, -0.2) is 15.1 Å². The zero-order valence-corrected chi connectivity index (χ0v) is 11.1. The number of aromatic nitrogens is 3. The van der Waals surface area contributed by atoms with E-state index in [1.807, 2.05) is 0 Å². The fourth-order valence-electron chi connectivity index (χ4n) is 1.88. The molecule has 6 nitrogen and oxygen atoms in total. The first kappa shape index (κ1) is 12.8. The lowest BCUT2D eigenvalue weighted by molar-refractivity contribution is 0.408. The van der Waals surface area contributed by atoms with E-state index in [4.69, 9.17) is 16.1 Å². The Morgan fingerprint density at radius 3 is 3.00 bits per heavy atom. The maximum atomic E-state index is 11.9. The first-order chi connectivity index (χ1) is 9.72. The molecule has 3 rings (SSSR count). The molecule has 0 aliphatic rings. The van der Waals surface area contributed by atoms with Crippen LogP contribution in [0.5, 0.6) is 0 Å². The average Bonchev–Trinajstić information content (AvgIpc) is 2.91. The van der Waals surface area contributed by atoms with E-state index in [0.717, 1.165) is 5.69 Å². The second-order valence-corrected chi connectivity index (χ2v) is 4.70. The third kappa shape index (κ3) is 2.71. The standard InChI is InChI=1S/C13H11ClN4O2/c14-8-1-2-10-11(5-8)16-12(17-13(10)19)7-15-6-9-3-4-20-18-9/h1-5,15H,6-7H2,(H,16,17,19). The van der Waals surface area contributed by atoms with Gasteiger partial charge in [-0.3, -0.25) is 4.79 Å². The van der Waals surface area contributed by atoms with Gasteiger partial charge in [-0.1, -0.05) is 16.8 Å². The van der Waals surface area contributed by atoms with Crippen LogP contribution in [0.1, 0.15) is 11.5 Å². The maximum Gasteiger partial charge on any atom is 0.258 e. The normalized spacial score (nSPS) is 11.1. The summed E-state index contributed by atoms with van der Waals surface area (Å²) in [6.45, 7) is 0.957. The highest BCUT2D eigenvalue weighted by atomic mass is 35.5. The molecule has 3 aromatic rings. The summed E-state index contributed by atoms with van der Waals surface area (Å²) < 4.78 is 4.73. The minimum atomic E-state index is -0.176. The van der Waals surface area contributed by atoms with Gasteiger partial charge in [-0.05, 0) is 18.2 Å². The topological polar surface area (TPSA) is 83.8 Å². The quantitative estimate of drug-likeness (QED) is 0.766. The number of hydrogen-bond donors (Lipinski definition) is 2. The highest BCUT2D eigenvalue weighted by Crippen LogP contribution is 2.14. The molecule has 20 heavy (non-hydrogen) atoms. The molecule has 0 aliphatic heterocycles. The van der Waals surface area contributed by atoms with Crippen LogP contribution in [-0.2, 0) is 13.1 Å². The molecule has 0 unspecified atom stereocenters. The van der Waals surface area contributed by atoms with Gasteiger partial charge in [0.2, 0.25) is 0 Å². The third-order valence-corrected chi connectivity index (χ3v) is 3.04. The molecular weight excluding hydrogens is 280 g/mol. The average molecular weight is 291 g/mol. The highest BCUT2D eigenvalue weighted by molar-refractivity contribution is 6.31. The molecule has 0 saturated heterocycles. The maximum absolute atomic E-state index is 11.9. The Bertz CT molecular complexity index is 783. The van der Waals surface area contributed by atoms with E-state index < -0.39 is 0 Å². The van der Waals surface area contributed by atoms with E-state index in [9.17, 15) is 4.79 Å². The molecule has 0 bridgehead atoms. The molecule has 0 radical (unpaired) electrons. The van der Waals surface area contributed by atoms with E-state index >= 15 is 0 Å². The van der Waals surface area contributed by atoms with E-state index in [0.29, 0.717) is 34.8 Å². The van der Waals surface area contributed by atoms with Crippen LogP contribution >= 0.6 is 11.6 Å². The number of aromatic amines is 1. The van der Waals surface area contributed by atoms with Crippen molar-refractivity contribution < 1.29 is 4.52 Å². The van der Waals surface area contributed by atoms with Gasteiger partial charge in [0.15, 0.2) is 0 Å². The van der Waals surface area contributed by atoms with E-state index in [2.05, 4.69) is 20.4 Å². The van der Waals surface area contributed by atoms with E-state index in [1.54, 1.807) is 24.3 Å². The Kier molecular flexibility index (Phi) is 3.49. The summed E-state index contributed by atoms with van der Waals surface area (Å²) in [5, 5.41) is 7.98. The molecule has 0 saturated carbocycles. The predicted octanol–water partition coefficient (Wildman–Crippen LogP) is 1.85. The number of nitrogens with zero attached hydrogens (tertiary/aromatic N) is 2. The number of hydrogen-bond acceptors (Lipinski definition) is 5. The Balaban J connectivity index is 1.79. The molecule has 0 fully saturated rings. The molecule has 2 N–H and O–H groups in total. The summed E-state index contributed by atoms with van der Waals surface area (Å²) in [5.41, 5.74) is 1.19. The summed E-state index contributed by atoms with van der Waals surface area (Å²) in [7, 11) is 0. The zero-order valence-electron chi connectivity index (χ0n) is 10.4. The molecule has 0 spiro atoms. The lowest BCUT2D eigenvalue weighted by Crippen LogP contribution is -2.19. The van der Waals surface area contributed by atoms with Gasteiger partial charge in [0.1, 0.15) is 12.1 Å². The molecule has 0 aliphatic carbocycles. The smallest absolute Gasteiger partial charge is 0.258 e. The van der Waals surface area contributed by atoms with Gasteiger partial charge in [0.05, 0.1) is 23.1 Å². The van der Waals surface area contributed by atoms with Gasteiger partial charge >= 0.3 is 0 Å². The molecule has 0 atom stereocenters. The second-order valence-electron chi connectivity index (χ2n) is 4.27. The second kappa shape index (κ2) is 5.44. The zero-order chi connectivity index (χ0) is 13.9. The van der Waals surface area contributed by atoms with Gasteiger partial charge in [-0.25, -0.2) is 4.98 Å². The van der Waals surface area contributed by atoms with E-state index in [1.165, 1.54) is 6.26 Å². The number of fused-ring (bicyclic) bond motifs is 1. The molecule has 7 heteroatoms. The van der Waals surface area contributed by atoms with Crippen LogP contribution in [0.15, 0.2) is 39.8 Å². The summed E-state index contributed by atoms with van der Waals surface area (Å²) in [6.07, 6.45) is 1.51. The van der Waals surface area contributed by atoms with Gasteiger partial charge in [-0.2, -0.15) is 0 Å². The molecule has 2 heterocycles. The van der Waals surface area contributed by atoms with Crippen molar-refractivity contribution in [3.05, 3.63) is 57.4 Å². The van der Waals surface area contributed by atoms with Crippen molar-refractivity contribution in [1.82, 2.24) is 20.4 Å². The highest BCUT2D eigenvalue weighted by Gasteiger charge is 2.04. The van der Waals surface area contributed by atoms with Crippen molar-refractivity contribution in [1.29, 1.82) is 0 Å². The molecule has 2 aromatic heterocycles. The van der Waals surface area contributed by atoms with E-state index in [-0.39, 0.29) is 5.56 Å². The van der Waals surface area contributed by atoms with Crippen LogP contribution in [0.3, 0.4) is 0 Å². The Labute approximate surface area is 118 Å². The summed E-state index contributed by atoms with van der Waals surface area (Å²) in [5.74, 6) is 0.549. The lowest BCUT2D eigenvalue weighted by Gasteiger charge is -2.04. The number of benzene rings is 1. The van der Waals surface area contributed by atoms with Crippen LogP contribution in [0.2, 0.25) is 5.02 Å². The van der Waals surface area contributed by atoms with Crippen LogP contribution in [0.4, 0.5) is 0 Å². The van der Waals surface area contributed by atoms with Gasteiger partial charge in [0.25, 0.3) is 5.56 Å². The van der Waals surface area contributed by atoms with Crippen molar-refractivity contribution in [3.8, 4) is 0 Å². The van der Waals surface area contributed by atoms with Crippen molar-refractivity contribution in [2.24, 2.45) is 0 Å². The Morgan fingerprint density at radius 2 is 2.20 bits per heavy atom. The number of rotatable bonds is 4. The predicted molar refractivity (Wildman–Crippen MR) is 74.4 cm³/mol. The van der Waals surface area contributed by atoms with Gasteiger partial charge < -0.3 is 14.8 Å². The summed E-state index contributed by atoms with van der Waals surface area (Å²) >= 11 is 5.91. The minimum absolute atomic E-state index is 0.176. The van der Waals surface area contributed by atoms with Gasteiger partial charge in [0, 0.05) is 17.6 Å². The fourth-order valence-corrected chi connectivity index (χ4v) is 2.05. The molecule has 0 amide bonds. The molecule has 102 valence electrons. The van der Waals surface area contributed by atoms with Crippen molar-refractivity contribution >= 4 is 22.5 Å². The first-order valence-corrected chi connectivity index (χ1v) is 6.38. The van der Waals surface area contributed by atoms with Crippen molar-refractivity contribution in [2.75, 3.05) is 0 Å². The van der Waals surface area contributed by atoms with Crippen LogP contribution < -0.4 is 10.9 Å². The monoisotopic (exact) mass is 290 g/mol. The number of H-pyrrole nitrogens is 1. The summed E-state index contributed by atoms with van der Waals surface area (Å²) in [6, 6.07) is 6.77. The molecular formula is C13H11ClN4O2. The Morgan fingerprint density at radius 1 is 1.30 bits per heavy atom. The lowest BCUT2D eigenvalue weighted by atomic mass is 10.2. The minimum Gasteiger partial charge on any atom is -0.364 e. The number of halogens is 1. The molecule has 1 aromatic carbocycles. The fraction of sp³-hybridized carbons (Fsp3) is 0.154. The SMILES string of the molecule is O=c1[nH]c(CNCc2ccon2)nc2cc(Cl)ccc12. The van der Waals surface area contributed by atoms with Crippen molar-refractivity contribution in [3.63, 3.8) is 0 Å². The largest absolute Gasteiger partial charge is 0.364 e. The van der Waals surface area contributed by atoms with Gasteiger partial charge in [-0.15, -0.1) is 0 Å². The van der Waals surface area contributed by atoms with Crippen LogP contribution in [0.25, 0.3) is 10.9 Å². The number of nitrogens with one attached hydrogen (secondary N) is 2. The van der Waals surface area contributed by atoms with Crippen LogP contribution in [0, 0.1) is 0 Å².